The van der Waals surface area contributed by atoms with Gasteiger partial charge < -0.3 is 25.0 Å². The molecule has 0 unspecified atom stereocenters. The largest absolute Gasteiger partial charge is 0.496 e. The van der Waals surface area contributed by atoms with Gasteiger partial charge in [0, 0.05) is 69.4 Å². The van der Waals surface area contributed by atoms with Gasteiger partial charge in [-0.25, -0.2) is 9.78 Å². The molecule has 0 atom stereocenters. The lowest BCUT2D eigenvalue weighted by atomic mass is 9.83. The van der Waals surface area contributed by atoms with Gasteiger partial charge in [0.15, 0.2) is 0 Å². The second kappa shape index (κ2) is 21.3. The third-order valence-electron chi connectivity index (χ3n) is 9.83. The molecule has 1 saturated heterocycles. The van der Waals surface area contributed by atoms with Gasteiger partial charge in [0.25, 0.3) is 0 Å². The van der Waals surface area contributed by atoms with Gasteiger partial charge in [-0.2, -0.15) is 0 Å². The summed E-state index contributed by atoms with van der Waals surface area (Å²) in [5, 5.41) is 0. The zero-order valence-corrected chi connectivity index (χ0v) is 31.7. The number of likely N-dealkylation sites (N-methyl/N-ethyl adjacent to an activating group) is 1. The second-order valence-corrected chi connectivity index (χ2v) is 14.0. The van der Waals surface area contributed by atoms with Crippen molar-refractivity contribution in [3.05, 3.63) is 59.4 Å². The van der Waals surface area contributed by atoms with Gasteiger partial charge in [0.2, 0.25) is 5.91 Å². The van der Waals surface area contributed by atoms with Crippen LogP contribution in [0.5, 0.6) is 5.75 Å². The summed E-state index contributed by atoms with van der Waals surface area (Å²) in [6, 6.07) is 10.6. The van der Waals surface area contributed by atoms with Gasteiger partial charge in [-0.15, -0.1) is 0 Å². The molecule has 10 heteroatoms. The molecule has 0 spiro atoms. The van der Waals surface area contributed by atoms with E-state index in [9.17, 15) is 9.59 Å². The average molecular weight is 691 g/mol. The van der Waals surface area contributed by atoms with Crippen molar-refractivity contribution < 1.29 is 19.1 Å². The number of hydrogen-bond donors (Lipinski definition) is 1. The Balaban J connectivity index is 0.000000221. The summed E-state index contributed by atoms with van der Waals surface area (Å²) in [7, 11) is 7.01. The van der Waals surface area contributed by atoms with Gasteiger partial charge in [-0.3, -0.25) is 14.7 Å². The molecule has 5 rings (SSSR count). The van der Waals surface area contributed by atoms with Gasteiger partial charge in [0.05, 0.1) is 14.2 Å². The molecule has 2 aliphatic carbocycles. The molecule has 1 aliphatic heterocycles. The van der Waals surface area contributed by atoms with E-state index in [1.165, 1.54) is 63.0 Å². The maximum absolute atomic E-state index is 12.7. The lowest BCUT2D eigenvalue weighted by Gasteiger charge is -2.31. The van der Waals surface area contributed by atoms with Crippen LogP contribution in [-0.4, -0.2) is 93.5 Å². The summed E-state index contributed by atoms with van der Waals surface area (Å²) < 4.78 is 9.88. The highest BCUT2D eigenvalue weighted by atomic mass is 16.5. The van der Waals surface area contributed by atoms with Crippen LogP contribution in [0.3, 0.4) is 0 Å². The van der Waals surface area contributed by atoms with E-state index in [1.807, 2.05) is 26.0 Å². The molecular formula is C40H62N6O4. The van der Waals surface area contributed by atoms with Crippen LogP contribution in [0.1, 0.15) is 101 Å². The van der Waals surface area contributed by atoms with Gasteiger partial charge in [0.1, 0.15) is 11.6 Å². The fourth-order valence-electron chi connectivity index (χ4n) is 6.67. The molecule has 276 valence electrons. The van der Waals surface area contributed by atoms with Crippen LogP contribution in [0.2, 0.25) is 0 Å². The van der Waals surface area contributed by atoms with Crippen molar-refractivity contribution in [2.45, 2.75) is 96.9 Å². The normalized spacial score (nSPS) is 17.8. The van der Waals surface area contributed by atoms with E-state index in [0.717, 1.165) is 74.7 Å². The van der Waals surface area contributed by atoms with Gasteiger partial charge in [-0.05, 0) is 94.3 Å². The molecule has 2 saturated carbocycles. The number of piperazine rings is 1. The Morgan fingerprint density at radius 2 is 1.60 bits per heavy atom. The summed E-state index contributed by atoms with van der Waals surface area (Å²) in [6.07, 6.45) is 17.2. The van der Waals surface area contributed by atoms with E-state index in [4.69, 9.17) is 10.5 Å². The number of allylic oxidation sites excluding steroid dienone is 1. The van der Waals surface area contributed by atoms with Crippen LogP contribution in [0.25, 0.3) is 5.57 Å². The van der Waals surface area contributed by atoms with Crippen LogP contribution in [0.15, 0.2) is 47.7 Å². The Bertz CT molecular complexity index is 1390. The molecule has 2 aromatic rings. The molecule has 1 aromatic heterocycles. The van der Waals surface area contributed by atoms with Crippen molar-refractivity contribution >= 4 is 29.6 Å². The number of methoxy groups -OCH3 is 2. The fraction of sp³-hybridized carbons (Fsp3) is 0.600. The lowest BCUT2D eigenvalue weighted by Crippen LogP contribution is -2.47. The molecule has 1 aromatic carbocycles. The Morgan fingerprint density at radius 1 is 0.960 bits per heavy atom. The molecule has 50 heavy (non-hydrogen) atoms. The molecule has 0 bridgehead atoms. The maximum Gasteiger partial charge on any atom is 0.409 e. The molecular weight excluding hydrogens is 628 g/mol. The fourth-order valence-corrected chi connectivity index (χ4v) is 6.67. The number of ether oxygens (including phenoxy) is 2. The minimum atomic E-state index is -0.210. The standard InChI is InChI=1S/C19H28N4O.C14H20O.C7H14N2O2/c1-14(2)22-13-17(12-20)16-9-10-21-18(11-16)23(3)19(24)15-7-5-4-6-8-15;1-11-10-13(8-9-14(11)15-2)12-6-4-3-5-7-12;1-8-3-5-9(6-4-8)7(10)11-2/h9-15H,4-8,20H2,1-3H3;8-10,12H,3-7H2,1-2H3;3-6H2,1-2H3/b17-12+,22-13?;;. The summed E-state index contributed by atoms with van der Waals surface area (Å²) >= 11 is 0. The zero-order valence-electron chi connectivity index (χ0n) is 31.7. The molecule has 3 fully saturated rings. The highest BCUT2D eigenvalue weighted by Crippen LogP contribution is 2.34. The summed E-state index contributed by atoms with van der Waals surface area (Å²) in [4.78, 5) is 38.0. The number of carbonyl (C=O) groups is 2. The number of hydrogen-bond acceptors (Lipinski definition) is 8. The van der Waals surface area contributed by atoms with E-state index in [2.05, 4.69) is 51.8 Å². The highest BCUT2D eigenvalue weighted by Gasteiger charge is 2.25. The third kappa shape index (κ3) is 12.8. The number of pyridine rings is 1. The third-order valence-corrected chi connectivity index (χ3v) is 9.83. The SMILES string of the molecule is CC(C)N=C/C(=C\N)c1ccnc(N(C)C(=O)C2CCCCC2)c1.COC(=O)N1CCN(C)CC1.COc1ccc(C2CCCCC2)cc1C. The number of aliphatic imine (C=N–C) groups is 1. The Labute approximate surface area is 301 Å². The Hall–Kier alpha value is -3.92. The van der Waals surface area contributed by atoms with Crippen LogP contribution >= 0.6 is 0 Å². The number of rotatable bonds is 7. The minimum Gasteiger partial charge on any atom is -0.496 e. The predicted octanol–water partition coefficient (Wildman–Crippen LogP) is 7.46. The van der Waals surface area contributed by atoms with E-state index >= 15 is 0 Å². The first-order valence-electron chi connectivity index (χ1n) is 18.4. The number of anilines is 1. The van der Waals surface area contributed by atoms with E-state index in [1.54, 1.807) is 36.4 Å². The zero-order chi connectivity index (χ0) is 36.5. The number of carbonyl (C=O) groups excluding carboxylic acids is 2. The lowest BCUT2D eigenvalue weighted by molar-refractivity contribution is -0.123. The number of nitrogens with two attached hydrogens (primary N) is 1. The highest BCUT2D eigenvalue weighted by molar-refractivity contribution is 6.10. The molecule has 0 radical (unpaired) electrons. The van der Waals surface area contributed by atoms with Gasteiger partial charge in [-0.1, -0.05) is 50.7 Å². The first kappa shape index (κ1) is 40.5. The van der Waals surface area contributed by atoms with Crippen molar-refractivity contribution in [3.63, 3.8) is 0 Å². The quantitative estimate of drug-likeness (QED) is 0.300. The Morgan fingerprint density at radius 3 is 2.16 bits per heavy atom. The van der Waals surface area contributed by atoms with Crippen LogP contribution < -0.4 is 15.4 Å². The summed E-state index contributed by atoms with van der Waals surface area (Å²) in [6.45, 7) is 9.60. The van der Waals surface area contributed by atoms with E-state index < -0.39 is 0 Å². The summed E-state index contributed by atoms with van der Waals surface area (Å²) in [5.41, 5.74) is 10.2. The van der Waals surface area contributed by atoms with Gasteiger partial charge >= 0.3 is 6.09 Å². The number of nitrogens with zero attached hydrogens (tertiary/aromatic N) is 5. The van der Waals surface area contributed by atoms with Crippen LogP contribution in [-0.2, 0) is 9.53 Å². The number of amides is 2. The first-order valence-corrected chi connectivity index (χ1v) is 18.4. The van der Waals surface area contributed by atoms with Crippen molar-refractivity contribution in [1.29, 1.82) is 0 Å². The van der Waals surface area contributed by atoms with Crippen molar-refractivity contribution in [2.75, 3.05) is 59.4 Å². The second-order valence-electron chi connectivity index (χ2n) is 14.0. The number of aromatic nitrogens is 1. The van der Waals surface area contributed by atoms with E-state index in [-0.39, 0.29) is 24.0 Å². The van der Waals surface area contributed by atoms with Crippen molar-refractivity contribution in [1.82, 2.24) is 14.8 Å². The topological polar surface area (TPSA) is 114 Å². The first-order chi connectivity index (χ1) is 24.1. The molecule has 2 heterocycles. The molecule has 3 aliphatic rings. The van der Waals surface area contributed by atoms with Crippen molar-refractivity contribution in [3.8, 4) is 5.75 Å². The monoisotopic (exact) mass is 690 g/mol. The van der Waals surface area contributed by atoms with Crippen LogP contribution in [0.4, 0.5) is 10.6 Å². The molecule has 2 N–H and O–H groups in total. The maximum atomic E-state index is 12.7. The number of aryl methyl sites for hydroxylation is 1. The summed E-state index contributed by atoms with van der Waals surface area (Å²) in [5.74, 6) is 2.74. The number of benzene rings is 1. The van der Waals surface area contributed by atoms with Crippen molar-refractivity contribution in [2.24, 2.45) is 16.6 Å². The predicted molar refractivity (Wildman–Crippen MR) is 205 cm³/mol. The Kier molecular flexibility index (Phi) is 17.3. The minimum absolute atomic E-state index is 0.126. The van der Waals surface area contributed by atoms with E-state index in [0.29, 0.717) is 5.82 Å². The molecule has 10 nitrogen and oxygen atoms in total. The molecule has 2 amide bonds. The van der Waals surface area contributed by atoms with Crippen LogP contribution in [0, 0.1) is 12.8 Å². The average Bonchev–Trinajstić information content (AvgIpc) is 3.15. The smallest absolute Gasteiger partial charge is 0.409 e.